The third-order valence-corrected chi connectivity index (χ3v) is 4.80. The number of esters is 1. The number of carbonyl (C=O) groups is 2. The van der Waals surface area contributed by atoms with Gasteiger partial charge in [-0.05, 0) is 55.8 Å². The summed E-state index contributed by atoms with van der Waals surface area (Å²) >= 11 is 0. The largest absolute Gasteiger partial charge is 0.493 e. The number of aromatic nitrogens is 1. The molecule has 1 heterocycles. The molecular formula is C24H26N2O6. The van der Waals surface area contributed by atoms with E-state index in [2.05, 4.69) is 10.3 Å². The molecule has 1 aromatic heterocycles. The van der Waals surface area contributed by atoms with Crippen LogP contribution in [0.3, 0.4) is 0 Å². The van der Waals surface area contributed by atoms with Gasteiger partial charge in [0.05, 0.1) is 19.3 Å². The van der Waals surface area contributed by atoms with Gasteiger partial charge in [-0.1, -0.05) is 12.1 Å². The van der Waals surface area contributed by atoms with Crippen LogP contribution in [0.5, 0.6) is 17.2 Å². The van der Waals surface area contributed by atoms with E-state index in [-0.39, 0.29) is 12.5 Å². The molecule has 0 aliphatic heterocycles. The second kappa shape index (κ2) is 10.5. The lowest BCUT2D eigenvalue weighted by Crippen LogP contribution is -2.14. The Bertz CT molecular complexity index is 1090. The Hall–Kier alpha value is -3.78. The van der Waals surface area contributed by atoms with E-state index in [1.54, 1.807) is 45.2 Å². The van der Waals surface area contributed by atoms with Crippen LogP contribution in [0.15, 0.2) is 48.5 Å². The summed E-state index contributed by atoms with van der Waals surface area (Å²) in [6, 6.07) is 14.3. The molecule has 3 rings (SSSR count). The predicted molar refractivity (Wildman–Crippen MR) is 120 cm³/mol. The second-order valence-corrected chi connectivity index (χ2v) is 6.99. The fourth-order valence-corrected chi connectivity index (χ4v) is 3.20. The van der Waals surface area contributed by atoms with Gasteiger partial charge in [0.2, 0.25) is 0 Å². The van der Waals surface area contributed by atoms with Crippen LogP contribution >= 0.6 is 0 Å². The Balaban J connectivity index is 1.68. The molecule has 3 aromatic rings. The minimum atomic E-state index is -0.495. The molecule has 0 aliphatic rings. The highest BCUT2D eigenvalue weighted by Crippen LogP contribution is 2.31. The number of rotatable bonds is 9. The molecule has 0 saturated heterocycles. The molecule has 1 amide bonds. The number of H-pyrrole nitrogens is 1. The van der Waals surface area contributed by atoms with E-state index in [4.69, 9.17) is 18.9 Å². The number of hydrogen-bond donors (Lipinski definition) is 2. The minimum absolute atomic E-state index is 0.143. The highest BCUT2D eigenvalue weighted by atomic mass is 16.6. The number of benzene rings is 2. The fourth-order valence-electron chi connectivity index (χ4n) is 3.20. The van der Waals surface area contributed by atoms with Gasteiger partial charge in [-0.3, -0.25) is 4.79 Å². The quantitative estimate of drug-likeness (QED) is 0.377. The fraction of sp³-hybridized carbons (Fsp3) is 0.250. The summed E-state index contributed by atoms with van der Waals surface area (Å²) in [5.41, 5.74) is 2.33. The molecule has 0 spiro atoms. The number of anilines is 1. The topological polar surface area (TPSA) is 98.9 Å². The van der Waals surface area contributed by atoms with Crippen LogP contribution in [0.4, 0.5) is 5.69 Å². The van der Waals surface area contributed by atoms with Crippen LogP contribution in [0.1, 0.15) is 32.1 Å². The third-order valence-electron chi connectivity index (χ3n) is 4.80. The summed E-state index contributed by atoms with van der Waals surface area (Å²) in [4.78, 5) is 28.1. The van der Waals surface area contributed by atoms with Gasteiger partial charge in [0, 0.05) is 18.5 Å². The van der Waals surface area contributed by atoms with Crippen LogP contribution in [0.25, 0.3) is 0 Å². The lowest BCUT2D eigenvalue weighted by atomic mass is 10.1. The van der Waals surface area contributed by atoms with Gasteiger partial charge in [0.1, 0.15) is 18.1 Å². The van der Waals surface area contributed by atoms with Crippen molar-refractivity contribution in [2.24, 2.45) is 0 Å². The average Bonchev–Trinajstić information content (AvgIpc) is 3.09. The molecule has 2 N–H and O–H groups in total. The number of nitrogens with one attached hydrogen (secondary N) is 2. The molecule has 0 radical (unpaired) electrons. The Morgan fingerprint density at radius 2 is 1.62 bits per heavy atom. The van der Waals surface area contributed by atoms with E-state index < -0.39 is 5.97 Å². The van der Waals surface area contributed by atoms with Crippen molar-refractivity contribution < 1.29 is 28.5 Å². The van der Waals surface area contributed by atoms with Crippen LogP contribution in [-0.2, 0) is 9.47 Å². The van der Waals surface area contributed by atoms with E-state index in [0.717, 1.165) is 0 Å². The van der Waals surface area contributed by atoms with E-state index in [9.17, 15) is 9.59 Å². The molecule has 0 saturated carbocycles. The number of aromatic amines is 1. The van der Waals surface area contributed by atoms with Gasteiger partial charge in [-0.25, -0.2) is 4.79 Å². The van der Waals surface area contributed by atoms with Crippen molar-refractivity contribution in [1.82, 2.24) is 4.98 Å². The monoisotopic (exact) mass is 438 g/mol. The molecule has 8 nitrogen and oxygen atoms in total. The summed E-state index contributed by atoms with van der Waals surface area (Å²) in [5, 5.41) is 2.82. The van der Waals surface area contributed by atoms with Gasteiger partial charge in [-0.15, -0.1) is 0 Å². The third kappa shape index (κ3) is 5.28. The molecule has 0 fully saturated rings. The van der Waals surface area contributed by atoms with Gasteiger partial charge in [0.25, 0.3) is 5.91 Å². The highest BCUT2D eigenvalue weighted by molar-refractivity contribution is 6.06. The van der Waals surface area contributed by atoms with E-state index in [1.807, 2.05) is 24.3 Å². The number of para-hydroxylation sites is 2. The molecule has 2 aromatic carbocycles. The SMILES string of the molecule is COCCOC(=O)c1c(C)[nH]c(C(=O)Nc2ccc(Oc3ccccc3OC)cc2)c1C. The zero-order valence-electron chi connectivity index (χ0n) is 18.5. The van der Waals surface area contributed by atoms with Crippen molar-refractivity contribution in [3.8, 4) is 17.2 Å². The predicted octanol–water partition coefficient (Wildman–Crippen LogP) is 4.49. The number of ether oxygens (including phenoxy) is 4. The number of aryl methyl sites for hydroxylation is 1. The van der Waals surface area contributed by atoms with E-state index in [0.29, 0.717) is 52.1 Å². The van der Waals surface area contributed by atoms with Crippen LogP contribution in [0.2, 0.25) is 0 Å². The molecule has 0 bridgehead atoms. The number of methoxy groups -OCH3 is 2. The normalized spacial score (nSPS) is 10.5. The maximum absolute atomic E-state index is 12.8. The van der Waals surface area contributed by atoms with E-state index in [1.165, 1.54) is 7.11 Å². The van der Waals surface area contributed by atoms with Crippen LogP contribution < -0.4 is 14.8 Å². The van der Waals surface area contributed by atoms with Gasteiger partial charge >= 0.3 is 5.97 Å². The van der Waals surface area contributed by atoms with Gasteiger partial charge in [0.15, 0.2) is 11.5 Å². The number of amides is 1. The zero-order chi connectivity index (χ0) is 23.1. The van der Waals surface area contributed by atoms with Crippen LogP contribution in [-0.4, -0.2) is 44.3 Å². The second-order valence-electron chi connectivity index (χ2n) is 6.99. The summed E-state index contributed by atoms with van der Waals surface area (Å²) < 4.78 is 21.2. The number of hydrogen-bond acceptors (Lipinski definition) is 6. The molecule has 0 atom stereocenters. The first kappa shape index (κ1) is 22.9. The maximum Gasteiger partial charge on any atom is 0.340 e. The van der Waals surface area contributed by atoms with Crippen molar-refractivity contribution >= 4 is 17.6 Å². The molecule has 8 heteroatoms. The van der Waals surface area contributed by atoms with E-state index >= 15 is 0 Å². The Morgan fingerprint density at radius 3 is 2.28 bits per heavy atom. The van der Waals surface area contributed by atoms with Crippen molar-refractivity contribution in [3.05, 3.63) is 71.0 Å². The Kier molecular flexibility index (Phi) is 7.51. The van der Waals surface area contributed by atoms with Crippen LogP contribution in [0, 0.1) is 13.8 Å². The van der Waals surface area contributed by atoms with Crippen molar-refractivity contribution in [2.75, 3.05) is 32.8 Å². The highest BCUT2D eigenvalue weighted by Gasteiger charge is 2.23. The first-order valence-electron chi connectivity index (χ1n) is 10.0. The van der Waals surface area contributed by atoms with Gasteiger partial charge < -0.3 is 29.2 Å². The lowest BCUT2D eigenvalue weighted by molar-refractivity contribution is 0.0386. The smallest absolute Gasteiger partial charge is 0.340 e. The molecule has 168 valence electrons. The van der Waals surface area contributed by atoms with Gasteiger partial charge in [-0.2, -0.15) is 0 Å². The summed E-state index contributed by atoms with van der Waals surface area (Å²) in [7, 11) is 3.11. The van der Waals surface area contributed by atoms with Crippen molar-refractivity contribution in [3.63, 3.8) is 0 Å². The van der Waals surface area contributed by atoms with Crippen molar-refractivity contribution in [2.45, 2.75) is 13.8 Å². The average molecular weight is 438 g/mol. The summed E-state index contributed by atoms with van der Waals surface area (Å²) in [6.07, 6.45) is 0. The standard InChI is InChI=1S/C24H26N2O6/c1-15-21(24(28)31-14-13-29-3)16(2)25-22(15)23(27)26-17-9-11-18(12-10-17)32-20-8-6-5-7-19(20)30-4/h5-12,25H,13-14H2,1-4H3,(H,26,27). The Labute approximate surface area is 186 Å². The maximum atomic E-state index is 12.8. The Morgan fingerprint density at radius 1 is 0.938 bits per heavy atom. The molecular weight excluding hydrogens is 412 g/mol. The van der Waals surface area contributed by atoms with Crippen molar-refractivity contribution in [1.29, 1.82) is 0 Å². The summed E-state index contributed by atoms with van der Waals surface area (Å²) in [5.74, 6) is 0.957. The number of carbonyl (C=O) groups excluding carboxylic acids is 2. The molecule has 0 unspecified atom stereocenters. The zero-order valence-corrected chi connectivity index (χ0v) is 18.5. The lowest BCUT2D eigenvalue weighted by Gasteiger charge is -2.11. The first-order chi connectivity index (χ1) is 15.4. The first-order valence-corrected chi connectivity index (χ1v) is 10.0. The minimum Gasteiger partial charge on any atom is -0.493 e. The molecule has 0 aliphatic carbocycles. The summed E-state index contributed by atoms with van der Waals surface area (Å²) in [6.45, 7) is 3.87. The molecule has 32 heavy (non-hydrogen) atoms.